The van der Waals surface area contributed by atoms with Gasteiger partial charge in [0.1, 0.15) is 5.01 Å². The van der Waals surface area contributed by atoms with Crippen molar-refractivity contribution in [2.75, 3.05) is 38.0 Å². The summed E-state index contributed by atoms with van der Waals surface area (Å²) >= 11 is 1.40. The topological polar surface area (TPSA) is 92.8 Å². The summed E-state index contributed by atoms with van der Waals surface area (Å²) < 4.78 is 5.14. The summed E-state index contributed by atoms with van der Waals surface area (Å²) in [4.78, 5) is 27.2. The van der Waals surface area contributed by atoms with Crippen molar-refractivity contribution in [3.63, 3.8) is 0 Å². The standard InChI is InChI=1S/C15H19N5O3S/c1-2-13-17-18-15(24-13)16-12(21)10-19-5-7-20(8-6-19)14(22)11-4-3-9-23-11/h3-4,9H,2,5-8,10H2,1H3,(H,16,18,21)/p+1. The number of furan rings is 1. The Labute approximate surface area is 143 Å². The second-order valence-electron chi connectivity index (χ2n) is 5.60. The Hall–Kier alpha value is -2.26. The SMILES string of the molecule is CCc1nnc(NC(=O)C[NH+]2CCN(C(=O)c3ccco3)CC2)s1. The van der Waals surface area contributed by atoms with Crippen LogP contribution in [0.15, 0.2) is 22.8 Å². The maximum atomic E-state index is 12.2. The molecule has 1 saturated heterocycles. The number of hydrogen-bond acceptors (Lipinski definition) is 6. The number of hydrogen-bond donors (Lipinski definition) is 2. The molecule has 2 N–H and O–H groups in total. The van der Waals surface area contributed by atoms with Crippen molar-refractivity contribution in [1.29, 1.82) is 0 Å². The Kier molecular flexibility index (Phi) is 5.21. The van der Waals surface area contributed by atoms with Gasteiger partial charge in [-0.25, -0.2) is 0 Å². The van der Waals surface area contributed by atoms with Crippen LogP contribution in [0.4, 0.5) is 5.13 Å². The third-order valence-electron chi connectivity index (χ3n) is 3.92. The van der Waals surface area contributed by atoms with Crippen molar-refractivity contribution in [1.82, 2.24) is 15.1 Å². The van der Waals surface area contributed by atoms with Crippen molar-refractivity contribution >= 4 is 28.3 Å². The lowest BCUT2D eigenvalue weighted by Crippen LogP contribution is -3.15. The molecule has 128 valence electrons. The molecule has 2 aromatic rings. The quantitative estimate of drug-likeness (QED) is 0.771. The number of anilines is 1. The number of carbonyl (C=O) groups is 2. The number of quaternary nitrogens is 1. The Balaban J connectivity index is 1.45. The second-order valence-corrected chi connectivity index (χ2v) is 6.66. The number of nitrogens with one attached hydrogen (secondary N) is 2. The molecular weight excluding hydrogens is 330 g/mol. The van der Waals surface area contributed by atoms with E-state index >= 15 is 0 Å². The predicted octanol–water partition coefficient (Wildman–Crippen LogP) is -0.327. The Bertz CT molecular complexity index is 692. The largest absolute Gasteiger partial charge is 0.459 e. The minimum absolute atomic E-state index is 0.0744. The molecule has 0 bridgehead atoms. The summed E-state index contributed by atoms with van der Waals surface area (Å²) in [7, 11) is 0. The predicted molar refractivity (Wildman–Crippen MR) is 88.1 cm³/mol. The zero-order valence-corrected chi connectivity index (χ0v) is 14.3. The van der Waals surface area contributed by atoms with E-state index in [1.807, 2.05) is 6.92 Å². The Morgan fingerprint density at radius 2 is 2.17 bits per heavy atom. The lowest BCUT2D eigenvalue weighted by Gasteiger charge is -2.31. The number of rotatable bonds is 5. The normalized spacial score (nSPS) is 15.5. The minimum Gasteiger partial charge on any atom is -0.459 e. The highest BCUT2D eigenvalue weighted by Gasteiger charge is 2.27. The molecule has 0 radical (unpaired) electrons. The maximum absolute atomic E-state index is 12.2. The highest BCUT2D eigenvalue weighted by molar-refractivity contribution is 7.15. The van der Waals surface area contributed by atoms with Crippen molar-refractivity contribution < 1.29 is 18.9 Å². The molecular formula is C15H20N5O3S+. The molecule has 3 rings (SSSR count). The Morgan fingerprint density at radius 3 is 2.79 bits per heavy atom. The van der Waals surface area contributed by atoms with E-state index in [1.54, 1.807) is 17.0 Å². The van der Waals surface area contributed by atoms with Gasteiger partial charge in [0.2, 0.25) is 5.13 Å². The molecule has 0 atom stereocenters. The van der Waals surface area contributed by atoms with E-state index in [0.717, 1.165) is 29.4 Å². The smallest absolute Gasteiger partial charge is 0.289 e. The zero-order valence-electron chi connectivity index (χ0n) is 13.4. The van der Waals surface area contributed by atoms with Gasteiger partial charge in [0.15, 0.2) is 12.3 Å². The van der Waals surface area contributed by atoms with Gasteiger partial charge in [-0.15, -0.1) is 10.2 Å². The van der Waals surface area contributed by atoms with Crippen LogP contribution in [0, 0.1) is 0 Å². The molecule has 24 heavy (non-hydrogen) atoms. The van der Waals surface area contributed by atoms with Gasteiger partial charge < -0.3 is 14.2 Å². The van der Waals surface area contributed by atoms with E-state index in [1.165, 1.54) is 17.6 Å². The lowest BCUT2D eigenvalue weighted by molar-refractivity contribution is -0.895. The first kappa shape index (κ1) is 16.6. The van der Waals surface area contributed by atoms with Crippen LogP contribution >= 0.6 is 11.3 Å². The first-order chi connectivity index (χ1) is 11.7. The maximum Gasteiger partial charge on any atom is 0.289 e. The minimum atomic E-state index is -0.0931. The molecule has 9 heteroatoms. The van der Waals surface area contributed by atoms with Crippen LogP contribution in [-0.2, 0) is 11.2 Å². The van der Waals surface area contributed by atoms with Crippen molar-refractivity contribution in [2.24, 2.45) is 0 Å². The van der Waals surface area contributed by atoms with Crippen LogP contribution in [0.3, 0.4) is 0 Å². The van der Waals surface area contributed by atoms with Gasteiger partial charge in [-0.1, -0.05) is 18.3 Å². The van der Waals surface area contributed by atoms with E-state index in [0.29, 0.717) is 30.5 Å². The molecule has 1 fully saturated rings. The molecule has 0 aliphatic carbocycles. The molecule has 0 unspecified atom stereocenters. The third-order valence-corrected chi connectivity index (χ3v) is 4.90. The average molecular weight is 350 g/mol. The lowest BCUT2D eigenvalue weighted by atomic mass is 10.3. The van der Waals surface area contributed by atoms with E-state index in [4.69, 9.17) is 4.42 Å². The van der Waals surface area contributed by atoms with E-state index in [-0.39, 0.29) is 11.8 Å². The van der Waals surface area contributed by atoms with Gasteiger partial charge in [-0.3, -0.25) is 14.9 Å². The van der Waals surface area contributed by atoms with Crippen LogP contribution in [0.2, 0.25) is 0 Å². The van der Waals surface area contributed by atoms with E-state index < -0.39 is 0 Å². The summed E-state index contributed by atoms with van der Waals surface area (Å²) in [5, 5.41) is 12.2. The number of amides is 2. The number of aryl methyl sites for hydroxylation is 1. The fraction of sp³-hybridized carbons (Fsp3) is 0.467. The van der Waals surface area contributed by atoms with Crippen molar-refractivity contribution in [3.8, 4) is 0 Å². The van der Waals surface area contributed by atoms with Crippen LogP contribution < -0.4 is 10.2 Å². The van der Waals surface area contributed by atoms with Gasteiger partial charge in [0.25, 0.3) is 11.8 Å². The first-order valence-electron chi connectivity index (χ1n) is 7.94. The number of piperazine rings is 1. The molecule has 1 aliphatic rings. The molecule has 0 aromatic carbocycles. The highest BCUT2D eigenvalue weighted by Crippen LogP contribution is 2.14. The van der Waals surface area contributed by atoms with Crippen LogP contribution in [0.5, 0.6) is 0 Å². The molecule has 0 spiro atoms. The number of carbonyl (C=O) groups excluding carboxylic acids is 2. The van der Waals surface area contributed by atoms with Crippen molar-refractivity contribution in [3.05, 3.63) is 29.2 Å². The summed E-state index contributed by atoms with van der Waals surface area (Å²) in [5.74, 6) is 0.193. The van der Waals surface area contributed by atoms with Gasteiger partial charge in [0, 0.05) is 0 Å². The van der Waals surface area contributed by atoms with Gasteiger partial charge in [-0.05, 0) is 18.6 Å². The molecule has 1 aliphatic heterocycles. The monoisotopic (exact) mass is 350 g/mol. The highest BCUT2D eigenvalue weighted by atomic mass is 32.1. The van der Waals surface area contributed by atoms with Gasteiger partial charge >= 0.3 is 0 Å². The van der Waals surface area contributed by atoms with Gasteiger partial charge in [0.05, 0.1) is 32.4 Å². The summed E-state index contributed by atoms with van der Waals surface area (Å²) in [6.07, 6.45) is 2.31. The molecule has 2 aromatic heterocycles. The molecule has 3 heterocycles. The molecule has 2 amide bonds. The fourth-order valence-corrected chi connectivity index (χ4v) is 3.29. The fourth-order valence-electron chi connectivity index (χ4n) is 2.60. The zero-order chi connectivity index (χ0) is 16.9. The van der Waals surface area contributed by atoms with Crippen molar-refractivity contribution in [2.45, 2.75) is 13.3 Å². The van der Waals surface area contributed by atoms with Crippen LogP contribution in [-0.4, -0.2) is 59.6 Å². The van der Waals surface area contributed by atoms with E-state index in [9.17, 15) is 9.59 Å². The van der Waals surface area contributed by atoms with E-state index in [2.05, 4.69) is 15.5 Å². The van der Waals surface area contributed by atoms with Crippen LogP contribution in [0.1, 0.15) is 22.5 Å². The average Bonchev–Trinajstić information content (AvgIpc) is 3.26. The van der Waals surface area contributed by atoms with Crippen LogP contribution in [0.25, 0.3) is 0 Å². The summed E-state index contributed by atoms with van der Waals surface area (Å²) in [6.45, 7) is 5.05. The second kappa shape index (κ2) is 7.54. The number of aromatic nitrogens is 2. The molecule has 8 nitrogen and oxygen atoms in total. The number of nitrogens with zero attached hydrogens (tertiary/aromatic N) is 3. The Morgan fingerprint density at radius 1 is 1.38 bits per heavy atom. The van der Waals surface area contributed by atoms with Gasteiger partial charge in [-0.2, -0.15) is 0 Å². The summed E-state index contributed by atoms with van der Waals surface area (Å²) in [5.41, 5.74) is 0. The third kappa shape index (κ3) is 3.98. The molecule has 0 saturated carbocycles. The summed E-state index contributed by atoms with van der Waals surface area (Å²) in [6, 6.07) is 3.37. The first-order valence-corrected chi connectivity index (χ1v) is 8.76.